The number of thioether (sulfide) groups is 2. The van der Waals surface area contributed by atoms with Crippen LogP contribution in [-0.4, -0.2) is 34.2 Å². The van der Waals surface area contributed by atoms with Gasteiger partial charge in [0.1, 0.15) is 5.75 Å². The van der Waals surface area contributed by atoms with Crippen molar-refractivity contribution in [2.24, 2.45) is 0 Å². The van der Waals surface area contributed by atoms with E-state index in [1.807, 2.05) is 23.5 Å². The van der Waals surface area contributed by atoms with Gasteiger partial charge in [0.05, 0.1) is 5.02 Å². The zero-order chi connectivity index (χ0) is 13.0. The number of phenolic OH excluding ortho intramolecular Hbond substituents is 1. The van der Waals surface area contributed by atoms with Gasteiger partial charge in [0.15, 0.2) is 0 Å². The second kappa shape index (κ2) is 7.15. The molecule has 2 rings (SSSR count). The summed E-state index contributed by atoms with van der Waals surface area (Å²) in [6, 6.07) is 3.30. The zero-order valence-corrected chi connectivity index (χ0v) is 12.9. The highest BCUT2D eigenvalue weighted by atomic mass is 35.5. The number of hydrogen-bond acceptors (Lipinski definition) is 4. The molecule has 0 aliphatic carbocycles. The monoisotopic (exact) mass is 323 g/mol. The van der Waals surface area contributed by atoms with Crippen molar-refractivity contribution in [2.75, 3.05) is 23.8 Å². The predicted octanol–water partition coefficient (Wildman–Crippen LogP) is 3.64. The standard InChI is InChI=1S/C12H15Cl2NOS2/c13-9-3-8(12(16)11(14)4-9)5-15-6-10-7-17-1-2-18-10/h3-4,10,15-16H,1-2,5-7H2. The molecule has 0 radical (unpaired) electrons. The van der Waals surface area contributed by atoms with E-state index in [-0.39, 0.29) is 5.75 Å². The second-order valence-corrected chi connectivity index (χ2v) is 7.50. The quantitative estimate of drug-likeness (QED) is 0.886. The van der Waals surface area contributed by atoms with E-state index in [1.54, 1.807) is 12.1 Å². The molecule has 1 saturated heterocycles. The van der Waals surface area contributed by atoms with Crippen molar-refractivity contribution in [1.82, 2.24) is 5.32 Å². The smallest absolute Gasteiger partial charge is 0.138 e. The Balaban J connectivity index is 1.86. The fourth-order valence-corrected chi connectivity index (χ4v) is 4.96. The molecule has 1 heterocycles. The molecular weight excluding hydrogens is 309 g/mol. The van der Waals surface area contributed by atoms with Crippen LogP contribution in [0.25, 0.3) is 0 Å². The van der Waals surface area contributed by atoms with Gasteiger partial charge in [0.2, 0.25) is 0 Å². The SMILES string of the molecule is Oc1c(Cl)cc(Cl)cc1CNCC1CSCCS1. The summed E-state index contributed by atoms with van der Waals surface area (Å²) in [6.45, 7) is 1.54. The molecule has 100 valence electrons. The Morgan fingerprint density at radius 1 is 1.33 bits per heavy atom. The number of nitrogens with one attached hydrogen (secondary N) is 1. The molecule has 0 spiro atoms. The lowest BCUT2D eigenvalue weighted by molar-refractivity contribution is 0.465. The van der Waals surface area contributed by atoms with E-state index in [0.29, 0.717) is 21.8 Å². The van der Waals surface area contributed by atoms with Gasteiger partial charge in [-0.2, -0.15) is 23.5 Å². The number of rotatable bonds is 4. The molecule has 2 nitrogen and oxygen atoms in total. The van der Waals surface area contributed by atoms with Crippen molar-refractivity contribution in [2.45, 2.75) is 11.8 Å². The molecule has 1 atom stereocenters. The topological polar surface area (TPSA) is 32.3 Å². The van der Waals surface area contributed by atoms with Crippen LogP contribution in [0.4, 0.5) is 0 Å². The maximum absolute atomic E-state index is 9.82. The molecule has 0 bridgehead atoms. The van der Waals surface area contributed by atoms with Gasteiger partial charge in [-0.25, -0.2) is 0 Å². The van der Waals surface area contributed by atoms with Crippen LogP contribution < -0.4 is 5.32 Å². The zero-order valence-electron chi connectivity index (χ0n) is 9.79. The predicted molar refractivity (Wildman–Crippen MR) is 83.4 cm³/mol. The third-order valence-corrected chi connectivity index (χ3v) is 6.03. The molecule has 6 heteroatoms. The molecule has 1 fully saturated rings. The van der Waals surface area contributed by atoms with Gasteiger partial charge >= 0.3 is 0 Å². The average molecular weight is 324 g/mol. The van der Waals surface area contributed by atoms with Crippen LogP contribution in [0.15, 0.2) is 12.1 Å². The van der Waals surface area contributed by atoms with Crippen molar-refractivity contribution >= 4 is 46.7 Å². The van der Waals surface area contributed by atoms with Crippen LogP contribution in [0.5, 0.6) is 5.75 Å². The number of aromatic hydroxyl groups is 1. The van der Waals surface area contributed by atoms with Crippen molar-refractivity contribution in [3.05, 3.63) is 27.7 Å². The van der Waals surface area contributed by atoms with Crippen LogP contribution in [0, 0.1) is 0 Å². The van der Waals surface area contributed by atoms with Crippen molar-refractivity contribution in [1.29, 1.82) is 0 Å². The molecule has 2 N–H and O–H groups in total. The Labute approximate surface area is 126 Å². The van der Waals surface area contributed by atoms with Gasteiger partial charge in [-0.1, -0.05) is 23.2 Å². The number of hydrogen-bond donors (Lipinski definition) is 2. The third-order valence-electron chi connectivity index (χ3n) is 2.68. The molecule has 1 aliphatic rings. The van der Waals surface area contributed by atoms with Gasteiger partial charge in [-0.05, 0) is 12.1 Å². The summed E-state index contributed by atoms with van der Waals surface area (Å²) in [5.74, 6) is 3.80. The Kier molecular flexibility index (Phi) is 5.83. The van der Waals surface area contributed by atoms with Gasteiger partial charge in [0, 0.05) is 46.2 Å². The lowest BCUT2D eigenvalue weighted by Gasteiger charge is -2.21. The number of halogens is 2. The molecular formula is C12H15Cl2NOS2. The molecule has 1 unspecified atom stereocenters. The lowest BCUT2D eigenvalue weighted by Crippen LogP contribution is -2.28. The summed E-state index contributed by atoms with van der Waals surface area (Å²) in [4.78, 5) is 0. The first kappa shape index (κ1) is 14.7. The lowest BCUT2D eigenvalue weighted by atomic mass is 10.2. The van der Waals surface area contributed by atoms with E-state index in [4.69, 9.17) is 23.2 Å². The fourth-order valence-electron chi connectivity index (χ4n) is 1.78. The van der Waals surface area contributed by atoms with E-state index >= 15 is 0 Å². The summed E-state index contributed by atoms with van der Waals surface area (Å²) in [5.41, 5.74) is 0.751. The summed E-state index contributed by atoms with van der Waals surface area (Å²) >= 11 is 15.8. The van der Waals surface area contributed by atoms with E-state index in [2.05, 4.69) is 5.32 Å². The third kappa shape index (κ3) is 4.14. The minimum Gasteiger partial charge on any atom is -0.506 e. The van der Waals surface area contributed by atoms with Crippen LogP contribution in [0.1, 0.15) is 5.56 Å². The van der Waals surface area contributed by atoms with Gasteiger partial charge in [0.25, 0.3) is 0 Å². The molecule has 0 aromatic heterocycles. The van der Waals surface area contributed by atoms with E-state index in [9.17, 15) is 5.11 Å². The van der Waals surface area contributed by atoms with E-state index in [1.165, 1.54) is 17.3 Å². The highest BCUT2D eigenvalue weighted by molar-refractivity contribution is 8.06. The summed E-state index contributed by atoms with van der Waals surface area (Å²) < 4.78 is 0. The summed E-state index contributed by atoms with van der Waals surface area (Å²) in [6.07, 6.45) is 0. The van der Waals surface area contributed by atoms with Crippen LogP contribution in [0.2, 0.25) is 10.0 Å². The molecule has 1 aromatic rings. The first-order chi connectivity index (χ1) is 8.66. The van der Waals surface area contributed by atoms with Gasteiger partial charge in [-0.15, -0.1) is 0 Å². The van der Waals surface area contributed by atoms with Crippen molar-refractivity contribution < 1.29 is 5.11 Å². The Morgan fingerprint density at radius 2 is 2.17 bits per heavy atom. The van der Waals surface area contributed by atoms with Gasteiger partial charge in [-0.3, -0.25) is 0 Å². The number of benzene rings is 1. The first-order valence-electron chi connectivity index (χ1n) is 5.74. The van der Waals surface area contributed by atoms with Crippen molar-refractivity contribution in [3.8, 4) is 5.75 Å². The van der Waals surface area contributed by atoms with Crippen LogP contribution in [-0.2, 0) is 6.54 Å². The van der Waals surface area contributed by atoms with Crippen LogP contribution >= 0.6 is 46.7 Å². The Bertz CT molecular complexity index is 411. The van der Waals surface area contributed by atoms with E-state index in [0.717, 1.165) is 12.1 Å². The molecule has 18 heavy (non-hydrogen) atoms. The minimum absolute atomic E-state index is 0.124. The number of phenols is 1. The average Bonchev–Trinajstić information content (AvgIpc) is 2.36. The first-order valence-corrected chi connectivity index (χ1v) is 8.69. The van der Waals surface area contributed by atoms with Gasteiger partial charge < -0.3 is 10.4 Å². The highest BCUT2D eigenvalue weighted by Crippen LogP contribution is 2.31. The molecule has 1 aliphatic heterocycles. The molecule has 0 saturated carbocycles. The fraction of sp³-hybridized carbons (Fsp3) is 0.500. The maximum Gasteiger partial charge on any atom is 0.138 e. The Morgan fingerprint density at radius 3 is 2.89 bits per heavy atom. The van der Waals surface area contributed by atoms with Crippen LogP contribution in [0.3, 0.4) is 0 Å². The maximum atomic E-state index is 9.82. The van der Waals surface area contributed by atoms with E-state index < -0.39 is 0 Å². The molecule has 1 aromatic carbocycles. The molecule has 0 amide bonds. The Hall–Kier alpha value is 0.260. The second-order valence-electron chi connectivity index (χ2n) is 4.09. The highest BCUT2D eigenvalue weighted by Gasteiger charge is 2.14. The summed E-state index contributed by atoms with van der Waals surface area (Å²) in [7, 11) is 0. The minimum atomic E-state index is 0.124. The largest absolute Gasteiger partial charge is 0.506 e. The summed E-state index contributed by atoms with van der Waals surface area (Å²) in [5, 5.41) is 14.7. The normalized spacial score (nSPS) is 20.0. The van der Waals surface area contributed by atoms with Crippen molar-refractivity contribution in [3.63, 3.8) is 0 Å².